The van der Waals surface area contributed by atoms with Crippen LogP contribution in [-0.2, 0) is 16.1 Å². The average Bonchev–Trinajstić information content (AvgIpc) is 3.31. The topological polar surface area (TPSA) is 81.9 Å². The normalized spacial score (nSPS) is 27.7. The summed E-state index contributed by atoms with van der Waals surface area (Å²) < 4.78 is 1.86. The third-order valence-electron chi connectivity index (χ3n) is 7.05. The van der Waals surface area contributed by atoms with Crippen LogP contribution < -0.4 is 0 Å². The van der Waals surface area contributed by atoms with Crippen LogP contribution in [0, 0.1) is 11.3 Å². The van der Waals surface area contributed by atoms with Gasteiger partial charge in [-0.3, -0.25) is 19.2 Å². The Bertz CT molecular complexity index is 710. The largest absolute Gasteiger partial charge is 0.481 e. The second-order valence-electron chi connectivity index (χ2n) is 9.12. The minimum Gasteiger partial charge on any atom is -0.481 e. The second kappa shape index (κ2) is 8.44. The minimum atomic E-state index is -0.747. The van der Waals surface area contributed by atoms with Crippen LogP contribution in [0.15, 0.2) is 18.5 Å². The molecule has 3 heterocycles. The smallest absolute Gasteiger partial charge is 0.303 e. The zero-order valence-electron chi connectivity index (χ0n) is 17.4. The van der Waals surface area contributed by atoms with Gasteiger partial charge in [-0.1, -0.05) is 0 Å². The number of carbonyl (C=O) groups excluding carboxylic acids is 1. The molecule has 2 atom stereocenters. The van der Waals surface area contributed by atoms with E-state index in [2.05, 4.69) is 21.9 Å². The molecule has 3 aliphatic rings. The second-order valence-corrected chi connectivity index (χ2v) is 9.12. The van der Waals surface area contributed by atoms with E-state index in [1.165, 1.54) is 0 Å². The number of likely N-dealkylation sites (N-methyl/N-ethyl adjacent to an activating group) is 1. The van der Waals surface area contributed by atoms with Crippen molar-refractivity contribution in [3.05, 3.63) is 18.5 Å². The zero-order chi connectivity index (χ0) is 20.4. The van der Waals surface area contributed by atoms with Crippen LogP contribution in [0.25, 0.3) is 0 Å². The third kappa shape index (κ3) is 4.64. The lowest BCUT2D eigenvalue weighted by molar-refractivity contribution is -0.141. The Labute approximate surface area is 172 Å². The summed E-state index contributed by atoms with van der Waals surface area (Å²) in [6.45, 7) is 6.28. The van der Waals surface area contributed by atoms with Crippen LogP contribution in [0.5, 0.6) is 0 Å². The molecule has 2 unspecified atom stereocenters. The van der Waals surface area contributed by atoms with Gasteiger partial charge in [-0.05, 0) is 44.7 Å². The molecule has 1 amide bonds. The summed E-state index contributed by atoms with van der Waals surface area (Å²) in [6.07, 6.45) is 7.27. The molecule has 0 aromatic carbocycles. The number of amides is 1. The fourth-order valence-corrected chi connectivity index (χ4v) is 5.06. The van der Waals surface area contributed by atoms with Gasteiger partial charge in [0.15, 0.2) is 0 Å². The Hall–Kier alpha value is -1.93. The number of rotatable bonds is 7. The van der Waals surface area contributed by atoms with Crippen molar-refractivity contribution in [2.45, 2.75) is 44.7 Å². The van der Waals surface area contributed by atoms with Crippen LogP contribution in [0.3, 0.4) is 0 Å². The highest BCUT2D eigenvalue weighted by Crippen LogP contribution is 2.49. The summed E-state index contributed by atoms with van der Waals surface area (Å²) >= 11 is 0. The number of hydrogen-bond donors (Lipinski definition) is 1. The van der Waals surface area contributed by atoms with Gasteiger partial charge in [0.2, 0.25) is 5.91 Å². The summed E-state index contributed by atoms with van der Waals surface area (Å²) in [6, 6.07) is 2.28. The number of nitrogens with zero attached hydrogens (tertiary/aromatic N) is 5. The van der Waals surface area contributed by atoms with Crippen molar-refractivity contribution >= 4 is 11.9 Å². The molecule has 0 radical (unpaired) electrons. The number of aromatic nitrogens is 2. The van der Waals surface area contributed by atoms with Crippen molar-refractivity contribution in [2.75, 3.05) is 46.3 Å². The maximum Gasteiger partial charge on any atom is 0.303 e. The maximum absolute atomic E-state index is 13.4. The summed E-state index contributed by atoms with van der Waals surface area (Å²) in [5, 5.41) is 13.5. The van der Waals surface area contributed by atoms with Gasteiger partial charge in [0.05, 0.1) is 12.0 Å². The molecule has 0 bridgehead atoms. The molecule has 1 N–H and O–H groups in total. The monoisotopic (exact) mass is 403 g/mol. The van der Waals surface area contributed by atoms with E-state index in [4.69, 9.17) is 0 Å². The molecule has 4 rings (SSSR count). The van der Waals surface area contributed by atoms with Crippen LogP contribution in [0.4, 0.5) is 0 Å². The Kier molecular flexibility index (Phi) is 5.92. The van der Waals surface area contributed by atoms with E-state index in [0.717, 1.165) is 52.0 Å². The van der Waals surface area contributed by atoms with Gasteiger partial charge in [-0.15, -0.1) is 0 Å². The molecule has 1 aliphatic carbocycles. The van der Waals surface area contributed by atoms with Gasteiger partial charge in [0.25, 0.3) is 0 Å². The molecule has 1 aromatic heterocycles. The summed E-state index contributed by atoms with van der Waals surface area (Å²) in [4.78, 5) is 31.5. The number of carbonyl (C=O) groups is 2. The molecule has 2 aliphatic heterocycles. The van der Waals surface area contributed by atoms with Gasteiger partial charge in [-0.25, -0.2) is 0 Å². The summed E-state index contributed by atoms with van der Waals surface area (Å²) in [5.74, 6) is -0.277. The van der Waals surface area contributed by atoms with Gasteiger partial charge < -0.3 is 14.9 Å². The van der Waals surface area contributed by atoms with Crippen LogP contribution in [-0.4, -0.2) is 93.8 Å². The van der Waals surface area contributed by atoms with Crippen molar-refractivity contribution in [1.29, 1.82) is 0 Å². The Morgan fingerprint density at radius 2 is 1.93 bits per heavy atom. The SMILES string of the molecule is CN1CCN(C2CCN(C(=O)C3(Cn4cccn4)CC3)CC2CCC(=O)O)CC1. The molecule has 0 spiro atoms. The molecule has 8 heteroatoms. The number of carboxylic acid groups (broad SMARTS) is 1. The number of piperazine rings is 1. The van der Waals surface area contributed by atoms with Gasteiger partial charge >= 0.3 is 5.97 Å². The Morgan fingerprint density at radius 1 is 1.17 bits per heavy atom. The molecule has 1 aromatic rings. The molecule has 8 nitrogen and oxygen atoms in total. The van der Waals surface area contributed by atoms with Crippen molar-refractivity contribution in [1.82, 2.24) is 24.5 Å². The van der Waals surface area contributed by atoms with E-state index in [1.807, 2.05) is 21.8 Å². The first-order valence-electron chi connectivity index (χ1n) is 10.9. The fourth-order valence-electron chi connectivity index (χ4n) is 5.06. The predicted molar refractivity (Wildman–Crippen MR) is 108 cm³/mol. The number of likely N-dealkylation sites (tertiary alicyclic amines) is 1. The van der Waals surface area contributed by atoms with Gasteiger partial charge in [0.1, 0.15) is 0 Å². The van der Waals surface area contributed by atoms with Crippen molar-refractivity contribution in [3.63, 3.8) is 0 Å². The Morgan fingerprint density at radius 3 is 2.55 bits per heavy atom. The molecular weight excluding hydrogens is 370 g/mol. The highest BCUT2D eigenvalue weighted by Gasteiger charge is 2.53. The van der Waals surface area contributed by atoms with Gasteiger partial charge in [-0.2, -0.15) is 5.10 Å². The molecule has 3 fully saturated rings. The number of carboxylic acids is 1. The van der Waals surface area contributed by atoms with E-state index in [-0.39, 0.29) is 23.7 Å². The minimum absolute atomic E-state index is 0.176. The lowest BCUT2D eigenvalue weighted by Crippen LogP contribution is -2.57. The van der Waals surface area contributed by atoms with E-state index in [1.54, 1.807) is 6.20 Å². The first kappa shape index (κ1) is 20.3. The number of piperidine rings is 1. The van der Waals surface area contributed by atoms with Crippen LogP contribution in [0.2, 0.25) is 0 Å². The first-order valence-corrected chi connectivity index (χ1v) is 10.9. The van der Waals surface area contributed by atoms with E-state index < -0.39 is 5.97 Å². The quantitative estimate of drug-likeness (QED) is 0.731. The summed E-state index contributed by atoms with van der Waals surface area (Å²) in [5.41, 5.74) is -0.302. The first-order chi connectivity index (χ1) is 14.0. The molecule has 160 valence electrons. The molecule has 29 heavy (non-hydrogen) atoms. The number of aliphatic carboxylic acids is 1. The molecule has 2 saturated heterocycles. The summed E-state index contributed by atoms with van der Waals surface area (Å²) in [7, 11) is 2.15. The molecular formula is C21H33N5O3. The van der Waals surface area contributed by atoms with Crippen LogP contribution >= 0.6 is 0 Å². The zero-order valence-corrected chi connectivity index (χ0v) is 17.4. The molecule has 1 saturated carbocycles. The highest BCUT2D eigenvalue weighted by atomic mass is 16.4. The Balaban J connectivity index is 1.42. The fraction of sp³-hybridized carbons (Fsp3) is 0.762. The maximum atomic E-state index is 13.4. The standard InChI is InChI=1S/C21H33N5O3/c1-23-11-13-24(14-12-23)18-5-10-25(15-17(18)3-4-19(27)28)20(29)21(6-7-21)16-26-9-2-8-22-26/h2,8-9,17-18H,3-7,10-16H2,1H3,(H,27,28). The number of hydrogen-bond acceptors (Lipinski definition) is 5. The lowest BCUT2D eigenvalue weighted by atomic mass is 9.85. The van der Waals surface area contributed by atoms with Crippen molar-refractivity contribution in [3.8, 4) is 0 Å². The third-order valence-corrected chi connectivity index (χ3v) is 7.05. The predicted octanol–water partition coefficient (Wildman–Crippen LogP) is 0.993. The van der Waals surface area contributed by atoms with Gasteiger partial charge in [0, 0.05) is 64.1 Å². The lowest BCUT2D eigenvalue weighted by Gasteiger charge is -2.47. The van der Waals surface area contributed by atoms with E-state index in [9.17, 15) is 14.7 Å². The van der Waals surface area contributed by atoms with Crippen molar-refractivity contribution in [2.24, 2.45) is 11.3 Å². The van der Waals surface area contributed by atoms with E-state index >= 15 is 0 Å². The van der Waals surface area contributed by atoms with Crippen molar-refractivity contribution < 1.29 is 14.7 Å². The highest BCUT2D eigenvalue weighted by molar-refractivity contribution is 5.85. The van der Waals surface area contributed by atoms with Crippen LogP contribution in [0.1, 0.15) is 32.1 Å². The van der Waals surface area contributed by atoms with E-state index in [0.29, 0.717) is 25.6 Å². The average molecular weight is 404 g/mol.